The van der Waals surface area contributed by atoms with Gasteiger partial charge in [0.1, 0.15) is 5.75 Å². The Hall–Kier alpha value is -2.20. The minimum atomic E-state index is -0.312. The van der Waals surface area contributed by atoms with Gasteiger partial charge in [-0.2, -0.15) is 0 Å². The number of hydrogen-bond acceptors (Lipinski definition) is 4. The number of para-hydroxylation sites is 1. The fourth-order valence-electron chi connectivity index (χ4n) is 1.83. The molecule has 0 aliphatic rings. The van der Waals surface area contributed by atoms with Gasteiger partial charge in [0.15, 0.2) is 5.75 Å². The zero-order chi connectivity index (χ0) is 15.2. The van der Waals surface area contributed by atoms with Crippen LogP contribution in [0.5, 0.6) is 11.5 Å². The van der Waals surface area contributed by atoms with Gasteiger partial charge in [-0.05, 0) is 42.8 Å². The van der Waals surface area contributed by atoms with E-state index in [9.17, 15) is 4.79 Å². The van der Waals surface area contributed by atoms with Gasteiger partial charge >= 0.3 is 5.97 Å². The standard InChI is InChI=1S/C16H16ClNO3/c1-2-20-15(19)10-11-4-3-5-14(16(11)18)21-13-8-6-12(17)7-9-13/h3-9H,2,10,18H2,1H3. The Kier molecular flexibility index (Phi) is 5.06. The predicted molar refractivity (Wildman–Crippen MR) is 82.7 cm³/mol. The Morgan fingerprint density at radius 3 is 2.57 bits per heavy atom. The second kappa shape index (κ2) is 6.99. The van der Waals surface area contributed by atoms with Crippen molar-refractivity contribution in [2.24, 2.45) is 0 Å². The zero-order valence-corrected chi connectivity index (χ0v) is 12.4. The lowest BCUT2D eigenvalue weighted by atomic mass is 10.1. The van der Waals surface area contributed by atoms with Gasteiger partial charge in [0.05, 0.1) is 18.7 Å². The van der Waals surface area contributed by atoms with Crippen molar-refractivity contribution in [3.8, 4) is 11.5 Å². The van der Waals surface area contributed by atoms with Gasteiger partial charge in [0, 0.05) is 5.02 Å². The van der Waals surface area contributed by atoms with E-state index in [0.29, 0.717) is 34.4 Å². The summed E-state index contributed by atoms with van der Waals surface area (Å²) < 4.78 is 10.6. The largest absolute Gasteiger partial charge is 0.466 e. The summed E-state index contributed by atoms with van der Waals surface area (Å²) in [6, 6.07) is 12.3. The van der Waals surface area contributed by atoms with E-state index in [-0.39, 0.29) is 12.4 Å². The highest BCUT2D eigenvalue weighted by Crippen LogP contribution is 2.30. The molecule has 0 saturated heterocycles. The number of anilines is 1. The molecule has 0 bridgehead atoms. The second-order valence-corrected chi connectivity index (χ2v) is 4.80. The number of nitrogens with two attached hydrogens (primary N) is 1. The molecule has 0 saturated carbocycles. The monoisotopic (exact) mass is 305 g/mol. The molecule has 2 aromatic carbocycles. The average molecular weight is 306 g/mol. The van der Waals surface area contributed by atoms with Gasteiger partial charge < -0.3 is 15.2 Å². The van der Waals surface area contributed by atoms with E-state index < -0.39 is 0 Å². The summed E-state index contributed by atoms with van der Waals surface area (Å²) in [6.45, 7) is 2.11. The van der Waals surface area contributed by atoms with Crippen LogP contribution in [0.3, 0.4) is 0 Å². The number of benzene rings is 2. The van der Waals surface area contributed by atoms with Crippen LogP contribution < -0.4 is 10.5 Å². The Bertz CT molecular complexity index is 626. The van der Waals surface area contributed by atoms with Crippen LogP contribution in [0.4, 0.5) is 5.69 Å². The molecule has 0 amide bonds. The highest BCUT2D eigenvalue weighted by atomic mass is 35.5. The van der Waals surface area contributed by atoms with E-state index in [2.05, 4.69) is 0 Å². The second-order valence-electron chi connectivity index (χ2n) is 4.37. The predicted octanol–water partition coefficient (Wildman–Crippen LogP) is 3.82. The zero-order valence-electron chi connectivity index (χ0n) is 11.6. The van der Waals surface area contributed by atoms with Crippen LogP contribution in [0.1, 0.15) is 12.5 Å². The Morgan fingerprint density at radius 1 is 1.19 bits per heavy atom. The molecule has 2 rings (SSSR count). The summed E-state index contributed by atoms with van der Waals surface area (Å²) in [6.07, 6.45) is 0.123. The van der Waals surface area contributed by atoms with Crippen molar-refractivity contribution in [1.82, 2.24) is 0 Å². The molecule has 0 aliphatic heterocycles. The van der Waals surface area contributed by atoms with Crippen LogP contribution >= 0.6 is 11.6 Å². The minimum Gasteiger partial charge on any atom is -0.466 e. The summed E-state index contributed by atoms with van der Waals surface area (Å²) in [4.78, 5) is 11.5. The molecule has 0 aliphatic carbocycles. The quantitative estimate of drug-likeness (QED) is 0.674. The van der Waals surface area contributed by atoms with Crippen LogP contribution in [-0.4, -0.2) is 12.6 Å². The number of ether oxygens (including phenoxy) is 2. The van der Waals surface area contributed by atoms with Crippen molar-refractivity contribution < 1.29 is 14.3 Å². The maximum absolute atomic E-state index is 11.5. The van der Waals surface area contributed by atoms with Gasteiger partial charge in [0.25, 0.3) is 0 Å². The van der Waals surface area contributed by atoms with Crippen molar-refractivity contribution in [2.45, 2.75) is 13.3 Å². The molecule has 4 nitrogen and oxygen atoms in total. The molecule has 0 radical (unpaired) electrons. The van der Waals surface area contributed by atoms with Gasteiger partial charge in [-0.15, -0.1) is 0 Å². The molecule has 0 heterocycles. The van der Waals surface area contributed by atoms with Crippen LogP contribution in [0, 0.1) is 0 Å². The maximum atomic E-state index is 11.5. The molecule has 0 spiro atoms. The number of carbonyl (C=O) groups is 1. The van der Waals surface area contributed by atoms with E-state index in [1.54, 1.807) is 49.4 Å². The van der Waals surface area contributed by atoms with E-state index in [1.807, 2.05) is 0 Å². The number of rotatable bonds is 5. The molecule has 0 atom stereocenters. The number of carbonyl (C=O) groups excluding carboxylic acids is 1. The molecule has 110 valence electrons. The molecular formula is C16H16ClNO3. The molecule has 21 heavy (non-hydrogen) atoms. The maximum Gasteiger partial charge on any atom is 0.310 e. The molecular weight excluding hydrogens is 290 g/mol. The van der Waals surface area contributed by atoms with Gasteiger partial charge in [0.2, 0.25) is 0 Å². The van der Waals surface area contributed by atoms with E-state index in [4.69, 9.17) is 26.8 Å². The van der Waals surface area contributed by atoms with Gasteiger partial charge in [-0.1, -0.05) is 23.7 Å². The third-order valence-corrected chi connectivity index (χ3v) is 3.09. The lowest BCUT2D eigenvalue weighted by molar-refractivity contribution is -0.142. The summed E-state index contributed by atoms with van der Waals surface area (Å²) in [5, 5.41) is 0.631. The van der Waals surface area contributed by atoms with E-state index in [0.717, 1.165) is 0 Å². The fraction of sp³-hybridized carbons (Fsp3) is 0.188. The number of nitrogen functional groups attached to an aromatic ring is 1. The first kappa shape index (κ1) is 15.2. The third kappa shape index (κ3) is 4.13. The third-order valence-electron chi connectivity index (χ3n) is 2.84. The van der Waals surface area contributed by atoms with Crippen molar-refractivity contribution in [3.63, 3.8) is 0 Å². The highest BCUT2D eigenvalue weighted by molar-refractivity contribution is 6.30. The SMILES string of the molecule is CCOC(=O)Cc1cccc(Oc2ccc(Cl)cc2)c1N. The van der Waals surface area contributed by atoms with Crippen molar-refractivity contribution >= 4 is 23.3 Å². The normalized spacial score (nSPS) is 10.2. The lowest BCUT2D eigenvalue weighted by Crippen LogP contribution is -2.09. The first-order valence-electron chi connectivity index (χ1n) is 6.56. The molecule has 0 fully saturated rings. The van der Waals surface area contributed by atoms with Crippen molar-refractivity contribution in [3.05, 3.63) is 53.1 Å². The fourth-order valence-corrected chi connectivity index (χ4v) is 1.96. The average Bonchev–Trinajstić information content (AvgIpc) is 2.46. The lowest BCUT2D eigenvalue weighted by Gasteiger charge is -2.12. The van der Waals surface area contributed by atoms with E-state index >= 15 is 0 Å². The summed E-state index contributed by atoms with van der Waals surface area (Å²) >= 11 is 5.83. The van der Waals surface area contributed by atoms with Crippen molar-refractivity contribution in [1.29, 1.82) is 0 Å². The van der Waals surface area contributed by atoms with Crippen LogP contribution in [0.25, 0.3) is 0 Å². The number of hydrogen-bond donors (Lipinski definition) is 1. The molecule has 2 N–H and O–H groups in total. The van der Waals surface area contributed by atoms with Gasteiger partial charge in [-0.25, -0.2) is 0 Å². The first-order valence-corrected chi connectivity index (χ1v) is 6.94. The summed E-state index contributed by atoms with van der Waals surface area (Å²) in [5.41, 5.74) is 7.16. The van der Waals surface area contributed by atoms with Crippen LogP contribution in [0.2, 0.25) is 5.02 Å². The summed E-state index contributed by atoms with van der Waals surface area (Å²) in [5.74, 6) is 0.811. The van der Waals surface area contributed by atoms with Crippen molar-refractivity contribution in [2.75, 3.05) is 12.3 Å². The van der Waals surface area contributed by atoms with Crippen LogP contribution in [-0.2, 0) is 16.0 Å². The minimum absolute atomic E-state index is 0.123. The smallest absolute Gasteiger partial charge is 0.310 e. The molecule has 0 unspecified atom stereocenters. The molecule has 5 heteroatoms. The Labute approximate surface area is 128 Å². The topological polar surface area (TPSA) is 61.5 Å². The van der Waals surface area contributed by atoms with Crippen LogP contribution in [0.15, 0.2) is 42.5 Å². The Morgan fingerprint density at radius 2 is 1.90 bits per heavy atom. The highest BCUT2D eigenvalue weighted by Gasteiger charge is 2.11. The number of esters is 1. The molecule has 0 aromatic heterocycles. The van der Waals surface area contributed by atoms with Gasteiger partial charge in [-0.3, -0.25) is 4.79 Å². The first-order chi connectivity index (χ1) is 10.1. The number of halogens is 1. The Balaban J connectivity index is 2.17. The summed E-state index contributed by atoms with van der Waals surface area (Å²) in [7, 11) is 0. The van der Waals surface area contributed by atoms with E-state index in [1.165, 1.54) is 0 Å². The molecule has 2 aromatic rings.